The molecule has 0 saturated carbocycles. The second-order valence-corrected chi connectivity index (χ2v) is 7.26. The number of nitrogen functional groups attached to an aromatic ring is 1. The molecule has 1 amide bonds. The topological polar surface area (TPSA) is 142 Å². The van der Waals surface area contributed by atoms with E-state index in [1.54, 1.807) is 37.5 Å². The summed E-state index contributed by atoms with van der Waals surface area (Å²) in [6, 6.07) is 10.8. The molecule has 4 aromatic rings. The van der Waals surface area contributed by atoms with E-state index in [9.17, 15) is 14.4 Å². The van der Waals surface area contributed by atoms with Crippen molar-refractivity contribution < 1.29 is 9.18 Å². The van der Waals surface area contributed by atoms with Crippen LogP contribution in [-0.4, -0.2) is 25.8 Å². The number of carbonyl (C=O) groups is 1. The quantitative estimate of drug-likeness (QED) is 0.413. The molecule has 3 aromatic heterocycles. The molecule has 1 unspecified atom stereocenters. The Morgan fingerprint density at radius 1 is 1.27 bits per heavy atom. The minimum Gasteiger partial charge on any atom is -0.382 e. The number of pyridine rings is 2. The lowest BCUT2D eigenvalue weighted by molar-refractivity contribution is 0.0949. The summed E-state index contributed by atoms with van der Waals surface area (Å²) < 4.78 is 13.8. The van der Waals surface area contributed by atoms with Gasteiger partial charge in [0, 0.05) is 24.3 Å². The summed E-state index contributed by atoms with van der Waals surface area (Å²) in [4.78, 5) is 29.7. The lowest BCUT2D eigenvalue weighted by atomic mass is 10.0. The summed E-state index contributed by atoms with van der Waals surface area (Å²) in [5, 5.41) is 15.8. The molecule has 0 aliphatic rings. The van der Waals surface area contributed by atoms with Gasteiger partial charge in [-0.05, 0) is 42.8 Å². The van der Waals surface area contributed by atoms with E-state index in [1.165, 1.54) is 18.5 Å². The van der Waals surface area contributed by atoms with Crippen molar-refractivity contribution >= 4 is 28.4 Å². The number of carbonyl (C=O) groups excluding carboxylic acids is 1. The third-order valence-electron chi connectivity index (χ3n) is 4.98. The van der Waals surface area contributed by atoms with E-state index in [4.69, 9.17) is 5.73 Å². The number of hydrogen-bond donors (Lipinski definition) is 3. The Kier molecular flexibility index (Phi) is 6.04. The van der Waals surface area contributed by atoms with Gasteiger partial charge in [0.2, 0.25) is 0 Å². The zero-order chi connectivity index (χ0) is 23.4. The molecule has 4 rings (SSSR count). The van der Waals surface area contributed by atoms with Crippen molar-refractivity contribution in [3.8, 4) is 6.07 Å². The molecule has 10 heteroatoms. The number of aromatic nitrogens is 4. The van der Waals surface area contributed by atoms with Crippen LogP contribution in [0.5, 0.6) is 0 Å². The van der Waals surface area contributed by atoms with Crippen LogP contribution in [-0.2, 0) is 6.54 Å². The number of nitrogens with one attached hydrogen (secondary N) is 2. The minimum absolute atomic E-state index is 0.0404. The van der Waals surface area contributed by atoms with Crippen LogP contribution in [0.4, 0.5) is 16.0 Å². The molecule has 0 spiro atoms. The molecule has 9 nitrogen and oxygen atoms in total. The Balaban J connectivity index is 1.71. The molecule has 1 atom stereocenters. The van der Waals surface area contributed by atoms with Crippen LogP contribution in [0.15, 0.2) is 55.1 Å². The lowest BCUT2D eigenvalue weighted by Crippen LogP contribution is -2.26. The first-order chi connectivity index (χ1) is 16.0. The van der Waals surface area contributed by atoms with Crippen LogP contribution >= 0.6 is 0 Å². The van der Waals surface area contributed by atoms with Crippen molar-refractivity contribution in [2.45, 2.75) is 19.5 Å². The van der Waals surface area contributed by atoms with Crippen LogP contribution < -0.4 is 16.4 Å². The normalized spacial score (nSPS) is 11.5. The molecule has 33 heavy (non-hydrogen) atoms. The van der Waals surface area contributed by atoms with Crippen LogP contribution in [0.25, 0.3) is 10.9 Å². The Hall–Kier alpha value is -4.65. The minimum atomic E-state index is -0.542. The van der Waals surface area contributed by atoms with Crippen molar-refractivity contribution in [1.82, 2.24) is 25.3 Å². The Morgan fingerprint density at radius 2 is 2.12 bits per heavy atom. The van der Waals surface area contributed by atoms with Crippen molar-refractivity contribution in [1.29, 1.82) is 5.26 Å². The Morgan fingerprint density at radius 3 is 2.88 bits per heavy atom. The fourth-order valence-corrected chi connectivity index (χ4v) is 3.35. The number of hydrogen-bond acceptors (Lipinski definition) is 8. The average molecular weight is 442 g/mol. The summed E-state index contributed by atoms with van der Waals surface area (Å²) in [6.07, 6.45) is 4.54. The van der Waals surface area contributed by atoms with Crippen LogP contribution in [0.3, 0.4) is 0 Å². The summed E-state index contributed by atoms with van der Waals surface area (Å²) >= 11 is 0. The molecular weight excluding hydrogens is 423 g/mol. The van der Waals surface area contributed by atoms with Crippen molar-refractivity contribution in [3.05, 3.63) is 83.3 Å². The highest BCUT2D eigenvalue weighted by atomic mass is 19.1. The predicted octanol–water partition coefficient (Wildman–Crippen LogP) is 3.12. The van der Waals surface area contributed by atoms with E-state index in [0.717, 1.165) is 5.56 Å². The van der Waals surface area contributed by atoms with E-state index < -0.39 is 11.9 Å². The molecule has 0 fully saturated rings. The standard InChI is InChI=1S/C23H19FN8O/c1-13(31-22-18(9-25)21(26)29-12-30-22)20-17(8-15-7-16(24)4-5-19(15)32-20)23(33)28-11-14-3-2-6-27-10-14/h2-8,10,12-13H,11H2,1H3,(H,28,33)(H3,26,29,30,31). The van der Waals surface area contributed by atoms with Gasteiger partial charge < -0.3 is 16.4 Å². The maximum atomic E-state index is 13.8. The second kappa shape index (κ2) is 9.23. The molecule has 0 aliphatic carbocycles. The summed E-state index contributed by atoms with van der Waals surface area (Å²) in [5.74, 6) is -0.553. The molecule has 0 bridgehead atoms. The van der Waals surface area contributed by atoms with Gasteiger partial charge in [0.1, 0.15) is 35.4 Å². The molecule has 0 saturated heterocycles. The van der Waals surface area contributed by atoms with E-state index in [-0.39, 0.29) is 35.2 Å². The van der Waals surface area contributed by atoms with Gasteiger partial charge in [-0.25, -0.2) is 19.3 Å². The molecule has 164 valence electrons. The van der Waals surface area contributed by atoms with Gasteiger partial charge in [-0.2, -0.15) is 5.26 Å². The molecule has 0 aliphatic heterocycles. The number of benzene rings is 1. The summed E-state index contributed by atoms with van der Waals surface area (Å²) in [6.45, 7) is 2.03. The van der Waals surface area contributed by atoms with Gasteiger partial charge in [-0.1, -0.05) is 6.07 Å². The SMILES string of the molecule is CC(Nc1ncnc(N)c1C#N)c1nc2ccc(F)cc2cc1C(=O)NCc1cccnc1. The maximum Gasteiger partial charge on any atom is 0.253 e. The van der Waals surface area contributed by atoms with Gasteiger partial charge >= 0.3 is 0 Å². The van der Waals surface area contributed by atoms with Crippen LogP contribution in [0.1, 0.15) is 40.1 Å². The van der Waals surface area contributed by atoms with Gasteiger partial charge in [-0.3, -0.25) is 9.78 Å². The zero-order valence-electron chi connectivity index (χ0n) is 17.6. The zero-order valence-corrected chi connectivity index (χ0v) is 17.6. The fraction of sp³-hybridized carbons (Fsp3) is 0.130. The lowest BCUT2D eigenvalue weighted by Gasteiger charge is -2.19. The van der Waals surface area contributed by atoms with Crippen molar-refractivity contribution in [2.75, 3.05) is 11.1 Å². The smallest absolute Gasteiger partial charge is 0.253 e. The van der Waals surface area contributed by atoms with Crippen LogP contribution in [0.2, 0.25) is 0 Å². The summed E-state index contributed by atoms with van der Waals surface area (Å²) in [5.41, 5.74) is 7.88. The number of anilines is 2. The van der Waals surface area contributed by atoms with Crippen LogP contribution in [0, 0.1) is 17.1 Å². The first kappa shape index (κ1) is 21.6. The predicted molar refractivity (Wildman–Crippen MR) is 120 cm³/mol. The highest BCUT2D eigenvalue weighted by Crippen LogP contribution is 2.26. The number of fused-ring (bicyclic) bond motifs is 1. The number of nitriles is 1. The number of halogens is 1. The average Bonchev–Trinajstić information content (AvgIpc) is 2.82. The molecule has 0 radical (unpaired) electrons. The van der Waals surface area contributed by atoms with Gasteiger partial charge in [-0.15, -0.1) is 0 Å². The second-order valence-electron chi connectivity index (χ2n) is 7.26. The van der Waals surface area contributed by atoms with E-state index in [0.29, 0.717) is 16.6 Å². The molecule has 3 heterocycles. The fourth-order valence-electron chi connectivity index (χ4n) is 3.35. The Bertz CT molecular complexity index is 1370. The third-order valence-corrected chi connectivity index (χ3v) is 4.98. The first-order valence-electron chi connectivity index (χ1n) is 10.0. The highest BCUT2D eigenvalue weighted by molar-refractivity contribution is 5.99. The van der Waals surface area contributed by atoms with Gasteiger partial charge in [0.05, 0.1) is 22.8 Å². The number of amides is 1. The monoisotopic (exact) mass is 442 g/mol. The third kappa shape index (κ3) is 4.67. The van der Waals surface area contributed by atoms with E-state index >= 15 is 0 Å². The first-order valence-corrected chi connectivity index (χ1v) is 10.0. The Labute approximate surface area is 188 Å². The molecule has 4 N–H and O–H groups in total. The van der Waals surface area contributed by atoms with Gasteiger partial charge in [0.15, 0.2) is 0 Å². The van der Waals surface area contributed by atoms with Crippen molar-refractivity contribution in [2.24, 2.45) is 0 Å². The molecular formula is C23H19FN8O. The number of nitrogens with zero attached hydrogens (tertiary/aromatic N) is 5. The largest absolute Gasteiger partial charge is 0.382 e. The maximum absolute atomic E-state index is 13.8. The summed E-state index contributed by atoms with van der Waals surface area (Å²) in [7, 11) is 0. The highest BCUT2D eigenvalue weighted by Gasteiger charge is 2.21. The number of nitrogens with two attached hydrogens (primary N) is 1. The van der Waals surface area contributed by atoms with E-state index in [1.807, 2.05) is 12.1 Å². The number of rotatable bonds is 6. The van der Waals surface area contributed by atoms with Crippen molar-refractivity contribution in [3.63, 3.8) is 0 Å². The van der Waals surface area contributed by atoms with Gasteiger partial charge in [0.25, 0.3) is 5.91 Å². The van der Waals surface area contributed by atoms with E-state index in [2.05, 4.69) is 30.6 Å². The molecule has 1 aromatic carbocycles.